The van der Waals surface area contributed by atoms with Crippen molar-refractivity contribution in [2.24, 2.45) is 5.73 Å². The molecule has 3 heteroatoms. The highest BCUT2D eigenvalue weighted by atomic mass is 16.3. The first kappa shape index (κ1) is 12.6. The van der Waals surface area contributed by atoms with E-state index >= 15 is 0 Å². The number of nitrogens with zero attached hydrogens (tertiary/aromatic N) is 1. The minimum atomic E-state index is -0.348. The summed E-state index contributed by atoms with van der Waals surface area (Å²) in [6.07, 6.45) is 2.89. The Hall–Kier alpha value is -0.900. The summed E-state index contributed by atoms with van der Waals surface area (Å²) in [6.45, 7) is 2.79. The molecule has 1 fully saturated rings. The first-order chi connectivity index (χ1) is 8.31. The van der Waals surface area contributed by atoms with Crippen molar-refractivity contribution in [2.45, 2.75) is 31.4 Å². The zero-order valence-corrected chi connectivity index (χ0v) is 10.3. The number of likely N-dealkylation sites (tertiary alicyclic amines) is 1. The van der Waals surface area contributed by atoms with Crippen molar-refractivity contribution in [2.75, 3.05) is 19.6 Å². The maximum Gasteiger partial charge on any atom is 0.0805 e. The fraction of sp³-hybridized carbons (Fsp3) is 0.571. The number of hydrogen-bond acceptors (Lipinski definition) is 3. The van der Waals surface area contributed by atoms with Gasteiger partial charge in [-0.1, -0.05) is 30.3 Å². The Bertz CT molecular complexity index is 328. The standard InChI is InChI=1S/C14H22N2O/c15-8-10-16-9-4-7-13(16)11-14(17)12-5-2-1-3-6-12/h1-3,5-6,13-14,17H,4,7-11,15H2. The summed E-state index contributed by atoms with van der Waals surface area (Å²) in [6, 6.07) is 10.4. The van der Waals surface area contributed by atoms with Crippen LogP contribution in [-0.4, -0.2) is 35.7 Å². The summed E-state index contributed by atoms with van der Waals surface area (Å²) in [5.41, 5.74) is 6.63. The molecule has 0 radical (unpaired) electrons. The maximum absolute atomic E-state index is 10.2. The van der Waals surface area contributed by atoms with Crippen LogP contribution in [-0.2, 0) is 0 Å². The van der Waals surface area contributed by atoms with Gasteiger partial charge in [-0.25, -0.2) is 0 Å². The summed E-state index contributed by atoms with van der Waals surface area (Å²) in [4.78, 5) is 2.41. The second-order valence-corrected chi connectivity index (χ2v) is 4.78. The van der Waals surface area contributed by atoms with Crippen molar-refractivity contribution >= 4 is 0 Å². The van der Waals surface area contributed by atoms with Crippen molar-refractivity contribution in [3.8, 4) is 0 Å². The maximum atomic E-state index is 10.2. The molecule has 2 unspecified atom stereocenters. The van der Waals surface area contributed by atoms with Crippen LogP contribution in [0.4, 0.5) is 0 Å². The van der Waals surface area contributed by atoms with Crippen molar-refractivity contribution in [3.63, 3.8) is 0 Å². The van der Waals surface area contributed by atoms with E-state index in [4.69, 9.17) is 5.73 Å². The summed E-state index contributed by atoms with van der Waals surface area (Å²) >= 11 is 0. The molecule has 1 aromatic carbocycles. The Labute approximate surface area is 103 Å². The van der Waals surface area contributed by atoms with Gasteiger partial charge in [0.05, 0.1) is 6.10 Å². The predicted octanol–water partition coefficient (Wildman–Crippen LogP) is 1.53. The van der Waals surface area contributed by atoms with Crippen LogP contribution in [0.1, 0.15) is 30.9 Å². The molecule has 0 saturated carbocycles. The average molecular weight is 234 g/mol. The van der Waals surface area contributed by atoms with Gasteiger partial charge in [0.1, 0.15) is 0 Å². The molecule has 3 nitrogen and oxygen atoms in total. The molecule has 94 valence electrons. The Morgan fingerprint density at radius 1 is 1.35 bits per heavy atom. The fourth-order valence-electron chi connectivity index (χ4n) is 2.69. The average Bonchev–Trinajstić information content (AvgIpc) is 2.78. The Kier molecular flexibility index (Phi) is 4.54. The van der Waals surface area contributed by atoms with E-state index in [2.05, 4.69) is 4.90 Å². The summed E-state index contributed by atoms with van der Waals surface area (Å²) in [5, 5.41) is 10.2. The lowest BCUT2D eigenvalue weighted by Gasteiger charge is -2.25. The van der Waals surface area contributed by atoms with E-state index in [0.717, 1.165) is 25.1 Å². The van der Waals surface area contributed by atoms with E-state index < -0.39 is 0 Å². The van der Waals surface area contributed by atoms with Crippen LogP contribution in [0.5, 0.6) is 0 Å². The molecule has 1 aliphatic rings. The van der Waals surface area contributed by atoms with Crippen molar-refractivity contribution < 1.29 is 5.11 Å². The lowest BCUT2D eigenvalue weighted by molar-refractivity contribution is 0.122. The van der Waals surface area contributed by atoms with E-state index in [1.165, 1.54) is 12.8 Å². The molecule has 2 atom stereocenters. The lowest BCUT2D eigenvalue weighted by atomic mass is 10.0. The largest absolute Gasteiger partial charge is 0.388 e. The monoisotopic (exact) mass is 234 g/mol. The molecule has 3 N–H and O–H groups in total. The zero-order chi connectivity index (χ0) is 12.1. The summed E-state index contributed by atoms with van der Waals surface area (Å²) < 4.78 is 0. The molecule has 0 aliphatic carbocycles. The van der Waals surface area contributed by atoms with Gasteiger partial charge in [0.2, 0.25) is 0 Å². The van der Waals surface area contributed by atoms with Crippen LogP contribution in [0.3, 0.4) is 0 Å². The third kappa shape index (κ3) is 3.28. The quantitative estimate of drug-likeness (QED) is 0.812. The lowest BCUT2D eigenvalue weighted by Crippen LogP contribution is -2.34. The number of hydrogen-bond donors (Lipinski definition) is 2. The van der Waals surface area contributed by atoms with Gasteiger partial charge >= 0.3 is 0 Å². The van der Waals surface area contributed by atoms with Crippen molar-refractivity contribution in [1.29, 1.82) is 0 Å². The topological polar surface area (TPSA) is 49.5 Å². The minimum absolute atomic E-state index is 0.348. The van der Waals surface area contributed by atoms with Crippen LogP contribution in [0, 0.1) is 0 Å². The molecule has 0 amide bonds. The first-order valence-electron chi connectivity index (χ1n) is 6.48. The number of nitrogens with two attached hydrogens (primary N) is 1. The van der Waals surface area contributed by atoms with Gasteiger partial charge in [-0.05, 0) is 31.4 Å². The Morgan fingerprint density at radius 3 is 2.82 bits per heavy atom. The molecule has 1 saturated heterocycles. The smallest absolute Gasteiger partial charge is 0.0805 e. The first-order valence-corrected chi connectivity index (χ1v) is 6.48. The molecule has 2 rings (SSSR count). The summed E-state index contributed by atoms with van der Waals surface area (Å²) in [7, 11) is 0. The van der Waals surface area contributed by atoms with Crippen LogP contribution in [0.25, 0.3) is 0 Å². The third-order valence-electron chi connectivity index (χ3n) is 3.60. The molecule has 1 aliphatic heterocycles. The number of rotatable bonds is 5. The molecular weight excluding hydrogens is 212 g/mol. The predicted molar refractivity (Wildman–Crippen MR) is 69.7 cm³/mol. The Morgan fingerprint density at radius 2 is 2.12 bits per heavy atom. The van der Waals surface area contributed by atoms with Crippen LogP contribution in [0.15, 0.2) is 30.3 Å². The molecule has 1 heterocycles. The van der Waals surface area contributed by atoms with Gasteiger partial charge in [-0.15, -0.1) is 0 Å². The SMILES string of the molecule is NCCN1CCCC1CC(O)c1ccccc1. The minimum Gasteiger partial charge on any atom is -0.388 e. The molecule has 0 bridgehead atoms. The highest BCUT2D eigenvalue weighted by Gasteiger charge is 2.26. The van der Waals surface area contributed by atoms with E-state index in [1.807, 2.05) is 30.3 Å². The normalized spacial score (nSPS) is 22.8. The zero-order valence-electron chi connectivity index (χ0n) is 10.3. The molecule has 0 spiro atoms. The highest BCUT2D eigenvalue weighted by Crippen LogP contribution is 2.26. The van der Waals surface area contributed by atoms with E-state index in [9.17, 15) is 5.11 Å². The van der Waals surface area contributed by atoms with E-state index in [-0.39, 0.29) is 6.10 Å². The number of aliphatic hydroxyl groups is 1. The van der Waals surface area contributed by atoms with E-state index in [0.29, 0.717) is 12.6 Å². The van der Waals surface area contributed by atoms with E-state index in [1.54, 1.807) is 0 Å². The molecule has 17 heavy (non-hydrogen) atoms. The van der Waals surface area contributed by atoms with Gasteiger partial charge in [0.25, 0.3) is 0 Å². The van der Waals surface area contributed by atoms with Crippen LogP contribution < -0.4 is 5.73 Å². The van der Waals surface area contributed by atoms with Gasteiger partial charge in [-0.3, -0.25) is 4.90 Å². The molecular formula is C14H22N2O. The van der Waals surface area contributed by atoms with Gasteiger partial charge < -0.3 is 10.8 Å². The van der Waals surface area contributed by atoms with Gasteiger partial charge in [0.15, 0.2) is 0 Å². The van der Waals surface area contributed by atoms with Crippen molar-refractivity contribution in [1.82, 2.24) is 4.90 Å². The van der Waals surface area contributed by atoms with Gasteiger partial charge in [-0.2, -0.15) is 0 Å². The Balaban J connectivity index is 1.92. The second-order valence-electron chi connectivity index (χ2n) is 4.78. The number of benzene rings is 1. The van der Waals surface area contributed by atoms with Crippen molar-refractivity contribution in [3.05, 3.63) is 35.9 Å². The van der Waals surface area contributed by atoms with Crippen LogP contribution in [0.2, 0.25) is 0 Å². The fourth-order valence-corrected chi connectivity index (χ4v) is 2.69. The van der Waals surface area contributed by atoms with Gasteiger partial charge in [0, 0.05) is 19.1 Å². The molecule has 1 aromatic rings. The second kappa shape index (κ2) is 6.15. The van der Waals surface area contributed by atoms with Crippen LogP contribution >= 0.6 is 0 Å². The number of aliphatic hydroxyl groups excluding tert-OH is 1. The highest BCUT2D eigenvalue weighted by molar-refractivity contribution is 5.17. The summed E-state index contributed by atoms with van der Waals surface area (Å²) in [5.74, 6) is 0. The molecule has 0 aromatic heterocycles. The third-order valence-corrected chi connectivity index (χ3v) is 3.60.